The maximum absolute atomic E-state index is 5.32. The second-order valence-corrected chi connectivity index (χ2v) is 16.6. The Bertz CT molecular complexity index is 3230. The van der Waals surface area contributed by atoms with Crippen LogP contribution in [0.15, 0.2) is 222 Å². The summed E-state index contributed by atoms with van der Waals surface area (Å²) in [6, 6.07) is 74.3. The van der Waals surface area contributed by atoms with Gasteiger partial charge in [0.15, 0.2) is 5.82 Å². The summed E-state index contributed by atoms with van der Waals surface area (Å²) in [6.45, 7) is 0. The van der Waals surface area contributed by atoms with Crippen molar-refractivity contribution in [1.82, 2.24) is 15.0 Å². The Labute approximate surface area is 353 Å². The molecule has 0 bridgehead atoms. The smallest absolute Gasteiger partial charge is 0.160 e. The van der Waals surface area contributed by atoms with Gasteiger partial charge in [0.05, 0.1) is 22.3 Å². The Kier molecular flexibility index (Phi) is 8.00. The fraction of sp³-hybridized carbons (Fsp3) is 0.0179. The van der Waals surface area contributed by atoms with E-state index in [2.05, 4.69) is 194 Å². The molecule has 1 aliphatic heterocycles. The van der Waals surface area contributed by atoms with Gasteiger partial charge < -0.3 is 0 Å². The van der Waals surface area contributed by atoms with Gasteiger partial charge in [0.25, 0.3) is 0 Å². The van der Waals surface area contributed by atoms with Crippen LogP contribution in [0.1, 0.15) is 22.3 Å². The Morgan fingerprint density at radius 3 is 1.58 bits per heavy atom. The molecule has 0 saturated heterocycles. The second-order valence-electron chi connectivity index (χ2n) is 15.5. The number of hydrogen-bond acceptors (Lipinski definition) is 4. The molecule has 0 amide bonds. The highest BCUT2D eigenvalue weighted by Crippen LogP contribution is 2.63. The zero-order valence-corrected chi connectivity index (χ0v) is 33.3. The van der Waals surface area contributed by atoms with E-state index in [9.17, 15) is 0 Å². The van der Waals surface area contributed by atoms with Crippen LogP contribution < -0.4 is 0 Å². The minimum absolute atomic E-state index is 0.571. The number of aromatic nitrogens is 3. The summed E-state index contributed by atoms with van der Waals surface area (Å²) in [6.07, 6.45) is 1.89. The van der Waals surface area contributed by atoms with Gasteiger partial charge in [-0.25, -0.2) is 9.97 Å². The molecule has 8 aromatic carbocycles. The van der Waals surface area contributed by atoms with Crippen molar-refractivity contribution in [3.05, 3.63) is 235 Å². The predicted octanol–water partition coefficient (Wildman–Crippen LogP) is 14.2. The fourth-order valence-electron chi connectivity index (χ4n) is 9.49. The van der Waals surface area contributed by atoms with Gasteiger partial charge >= 0.3 is 0 Å². The van der Waals surface area contributed by atoms with Crippen molar-refractivity contribution in [2.45, 2.75) is 15.2 Å². The van der Waals surface area contributed by atoms with Crippen LogP contribution in [0.5, 0.6) is 0 Å². The number of rotatable bonds is 5. The molecule has 4 heteroatoms. The van der Waals surface area contributed by atoms with E-state index in [0.29, 0.717) is 5.82 Å². The lowest BCUT2D eigenvalue weighted by Crippen LogP contribution is -2.32. The highest BCUT2D eigenvalue weighted by Gasteiger charge is 2.50. The summed E-state index contributed by atoms with van der Waals surface area (Å²) in [5.74, 6) is 0.701. The molecule has 2 aliphatic rings. The van der Waals surface area contributed by atoms with Crippen LogP contribution in [0.25, 0.3) is 78.2 Å². The van der Waals surface area contributed by atoms with Crippen LogP contribution in [0.2, 0.25) is 0 Å². The zero-order valence-electron chi connectivity index (χ0n) is 32.5. The lowest BCUT2D eigenvalue weighted by atomic mass is 9.67. The second kappa shape index (κ2) is 13.9. The number of hydrogen-bond donors (Lipinski definition) is 0. The third-order valence-electron chi connectivity index (χ3n) is 12.2. The van der Waals surface area contributed by atoms with E-state index in [0.717, 1.165) is 50.1 Å². The number of nitrogens with zero attached hydrogens (tertiary/aromatic N) is 3. The Morgan fingerprint density at radius 2 is 0.883 bits per heavy atom. The topological polar surface area (TPSA) is 38.7 Å². The molecule has 60 heavy (non-hydrogen) atoms. The molecular formula is C56H35N3S. The largest absolute Gasteiger partial charge is 0.256 e. The first-order valence-corrected chi connectivity index (χ1v) is 21.2. The highest BCUT2D eigenvalue weighted by molar-refractivity contribution is 7.99. The lowest BCUT2D eigenvalue weighted by Gasteiger charge is -2.40. The van der Waals surface area contributed by atoms with Crippen molar-refractivity contribution in [2.24, 2.45) is 0 Å². The van der Waals surface area contributed by atoms with E-state index in [1.165, 1.54) is 54.3 Å². The summed E-state index contributed by atoms with van der Waals surface area (Å²) in [7, 11) is 0. The normalized spacial score (nSPS) is 13.1. The molecule has 0 unspecified atom stereocenters. The number of benzene rings is 8. The van der Waals surface area contributed by atoms with Gasteiger partial charge in [-0.1, -0.05) is 182 Å². The van der Waals surface area contributed by atoms with E-state index >= 15 is 0 Å². The molecule has 12 rings (SSSR count). The van der Waals surface area contributed by atoms with Gasteiger partial charge in [-0.05, 0) is 86.5 Å². The first-order valence-electron chi connectivity index (χ1n) is 20.3. The van der Waals surface area contributed by atoms with E-state index in [4.69, 9.17) is 15.0 Å². The van der Waals surface area contributed by atoms with E-state index in [-0.39, 0.29) is 0 Å². The monoisotopic (exact) mass is 781 g/mol. The third-order valence-corrected chi connectivity index (χ3v) is 13.4. The molecular weight excluding hydrogens is 747 g/mol. The fourth-order valence-corrected chi connectivity index (χ4v) is 10.7. The molecule has 2 aromatic heterocycles. The van der Waals surface area contributed by atoms with Gasteiger partial charge in [-0.2, -0.15) is 0 Å². The van der Waals surface area contributed by atoms with Crippen molar-refractivity contribution in [3.63, 3.8) is 0 Å². The van der Waals surface area contributed by atoms with Crippen molar-refractivity contribution in [3.8, 4) is 67.3 Å². The summed E-state index contributed by atoms with van der Waals surface area (Å²) in [4.78, 5) is 17.9. The molecule has 1 spiro atoms. The average molecular weight is 782 g/mol. The molecule has 0 saturated carbocycles. The molecule has 0 fully saturated rings. The summed E-state index contributed by atoms with van der Waals surface area (Å²) < 4.78 is 0. The maximum Gasteiger partial charge on any atom is 0.160 e. The first kappa shape index (κ1) is 34.6. The van der Waals surface area contributed by atoms with Crippen molar-refractivity contribution < 1.29 is 0 Å². The van der Waals surface area contributed by atoms with E-state index < -0.39 is 5.41 Å². The quantitative estimate of drug-likeness (QED) is 0.174. The van der Waals surface area contributed by atoms with Crippen LogP contribution in [-0.2, 0) is 5.41 Å². The number of para-hydroxylation sites is 1. The van der Waals surface area contributed by atoms with Gasteiger partial charge in [0.2, 0.25) is 0 Å². The minimum atomic E-state index is -0.571. The molecule has 0 radical (unpaired) electrons. The van der Waals surface area contributed by atoms with Crippen LogP contribution >= 0.6 is 11.8 Å². The van der Waals surface area contributed by atoms with Gasteiger partial charge in [0, 0.05) is 43.6 Å². The number of pyridine rings is 1. The molecule has 3 heterocycles. The number of fused-ring (bicyclic) bond motifs is 10. The zero-order chi connectivity index (χ0) is 39.6. The van der Waals surface area contributed by atoms with Crippen LogP contribution in [0, 0.1) is 0 Å². The maximum atomic E-state index is 5.32. The molecule has 280 valence electrons. The van der Waals surface area contributed by atoms with Gasteiger partial charge in [0.1, 0.15) is 0 Å². The predicted molar refractivity (Wildman–Crippen MR) is 246 cm³/mol. The molecule has 0 N–H and O–H groups in total. The molecule has 0 atom stereocenters. The average Bonchev–Trinajstić information content (AvgIpc) is 3.61. The summed E-state index contributed by atoms with van der Waals surface area (Å²) >= 11 is 1.86. The minimum Gasteiger partial charge on any atom is -0.256 e. The van der Waals surface area contributed by atoms with Gasteiger partial charge in [-0.3, -0.25) is 4.98 Å². The van der Waals surface area contributed by atoms with Crippen molar-refractivity contribution in [2.75, 3.05) is 0 Å². The lowest BCUT2D eigenvalue weighted by molar-refractivity contribution is 0.723. The Balaban J connectivity index is 1.09. The standard InChI is InChI=1S/C56H35N3S/c1-3-13-36(14-4-1)37-24-26-38(27-25-37)50-35-51(59-55(58-50)40-15-5-2-6-16-40)42-29-31-45-44-30-28-41(43-19-11-17-39-18-12-32-57-54(39)43)33-48(44)56(49(45)34-42)46-20-7-9-22-52(46)60-53-23-10-8-21-47(53)56/h1-35H. The summed E-state index contributed by atoms with van der Waals surface area (Å²) in [5.41, 5.74) is 17.6. The SMILES string of the molecule is c1ccc(-c2ccc(-c3cc(-c4ccc5c(c4)C4(c6ccccc6Sc6ccccc64)c4cc(-c6cccc7cccnc67)ccc4-5)nc(-c4ccccc4)n3)cc2)cc1. The Morgan fingerprint density at radius 1 is 0.350 bits per heavy atom. The molecule has 1 aliphatic carbocycles. The molecule has 3 nitrogen and oxygen atoms in total. The first-order chi connectivity index (χ1) is 29.7. The van der Waals surface area contributed by atoms with Gasteiger partial charge in [-0.15, -0.1) is 0 Å². The highest BCUT2D eigenvalue weighted by atomic mass is 32.2. The van der Waals surface area contributed by atoms with E-state index in [1.54, 1.807) is 0 Å². The van der Waals surface area contributed by atoms with Crippen LogP contribution in [0.3, 0.4) is 0 Å². The van der Waals surface area contributed by atoms with Crippen molar-refractivity contribution >= 4 is 22.7 Å². The molecule has 10 aromatic rings. The van der Waals surface area contributed by atoms with Crippen LogP contribution in [0.4, 0.5) is 0 Å². The van der Waals surface area contributed by atoms with Crippen molar-refractivity contribution in [1.29, 1.82) is 0 Å². The van der Waals surface area contributed by atoms with E-state index in [1.807, 2.05) is 30.1 Å². The third kappa shape index (κ3) is 5.42. The Hall–Kier alpha value is -7.40. The summed E-state index contributed by atoms with van der Waals surface area (Å²) in [5, 5.41) is 1.13. The van der Waals surface area contributed by atoms with Crippen LogP contribution in [-0.4, -0.2) is 15.0 Å².